The van der Waals surface area contributed by atoms with Gasteiger partial charge in [-0.05, 0) is 35.9 Å². The van der Waals surface area contributed by atoms with Gasteiger partial charge >= 0.3 is 5.97 Å². The van der Waals surface area contributed by atoms with Crippen LogP contribution in [0.5, 0.6) is 5.75 Å². The van der Waals surface area contributed by atoms with Crippen LogP contribution < -0.4 is 10.1 Å². The standard InChI is InChI=1S/C22H24N2O7S/c1-29-19-9-7-17(15-20(19)32(27,28)24-11-13-30-14-12-24)8-10-22(26)31-16-21(25)23-18-5-3-2-4-6-18/h2-10,15H,11-14,16H2,1H3,(H,23,25)/b10-8+. The summed E-state index contributed by atoms with van der Waals surface area (Å²) in [6, 6.07) is 13.3. The third-order valence-electron chi connectivity index (χ3n) is 4.59. The van der Waals surface area contributed by atoms with Crippen LogP contribution in [0.4, 0.5) is 5.69 Å². The average molecular weight is 461 g/mol. The van der Waals surface area contributed by atoms with Gasteiger partial charge in [0.1, 0.15) is 10.6 Å². The first kappa shape index (κ1) is 23.5. The molecule has 0 radical (unpaired) electrons. The Bertz CT molecular complexity index is 1080. The van der Waals surface area contributed by atoms with E-state index in [9.17, 15) is 18.0 Å². The van der Waals surface area contributed by atoms with Gasteiger partial charge in [0.15, 0.2) is 6.61 Å². The second kappa shape index (κ2) is 10.9. The highest BCUT2D eigenvalue weighted by Gasteiger charge is 2.29. The maximum atomic E-state index is 13.0. The number of methoxy groups -OCH3 is 1. The number of rotatable bonds is 8. The number of para-hydroxylation sites is 1. The van der Waals surface area contributed by atoms with Gasteiger partial charge in [-0.15, -0.1) is 0 Å². The van der Waals surface area contributed by atoms with Gasteiger partial charge in [-0.1, -0.05) is 24.3 Å². The number of nitrogens with one attached hydrogen (secondary N) is 1. The first-order chi connectivity index (χ1) is 15.4. The number of sulfonamides is 1. The molecule has 1 heterocycles. The summed E-state index contributed by atoms with van der Waals surface area (Å²) in [7, 11) is -2.40. The van der Waals surface area contributed by atoms with Crippen LogP contribution in [0.25, 0.3) is 6.08 Å². The number of esters is 1. The van der Waals surface area contributed by atoms with Crippen LogP contribution in [0.1, 0.15) is 5.56 Å². The average Bonchev–Trinajstić information content (AvgIpc) is 2.82. The molecule has 0 unspecified atom stereocenters. The van der Waals surface area contributed by atoms with Crippen LogP contribution in [0.15, 0.2) is 59.5 Å². The van der Waals surface area contributed by atoms with Crippen molar-refractivity contribution in [3.63, 3.8) is 0 Å². The number of carbonyl (C=O) groups excluding carboxylic acids is 2. The first-order valence-corrected chi connectivity index (χ1v) is 11.3. The van der Waals surface area contributed by atoms with E-state index in [0.29, 0.717) is 24.5 Å². The van der Waals surface area contributed by atoms with Crippen molar-refractivity contribution in [2.24, 2.45) is 0 Å². The Kier molecular flexibility index (Phi) is 7.98. The van der Waals surface area contributed by atoms with Gasteiger partial charge in [0, 0.05) is 24.9 Å². The van der Waals surface area contributed by atoms with Crippen LogP contribution in [0.2, 0.25) is 0 Å². The van der Waals surface area contributed by atoms with Gasteiger partial charge in [0.25, 0.3) is 5.91 Å². The van der Waals surface area contributed by atoms with Crippen molar-refractivity contribution in [1.82, 2.24) is 4.31 Å². The van der Waals surface area contributed by atoms with Crippen molar-refractivity contribution < 1.29 is 32.2 Å². The second-order valence-corrected chi connectivity index (χ2v) is 8.69. The molecule has 0 saturated carbocycles. The molecule has 32 heavy (non-hydrogen) atoms. The SMILES string of the molecule is COc1ccc(/C=C/C(=O)OCC(=O)Nc2ccccc2)cc1S(=O)(=O)N1CCOCC1. The maximum absolute atomic E-state index is 13.0. The number of hydrogen-bond donors (Lipinski definition) is 1. The van der Waals surface area contributed by atoms with E-state index >= 15 is 0 Å². The van der Waals surface area contributed by atoms with Gasteiger partial charge in [-0.3, -0.25) is 4.79 Å². The summed E-state index contributed by atoms with van der Waals surface area (Å²) in [5.41, 5.74) is 1.06. The molecule has 1 saturated heterocycles. The van der Waals surface area contributed by atoms with E-state index in [1.54, 1.807) is 30.3 Å². The monoisotopic (exact) mass is 460 g/mol. The highest BCUT2D eigenvalue weighted by atomic mass is 32.2. The molecule has 3 rings (SSSR count). The van der Waals surface area contributed by atoms with E-state index < -0.39 is 28.5 Å². The molecular formula is C22H24N2O7S. The number of amides is 1. The molecule has 2 aromatic rings. The van der Waals surface area contributed by atoms with Crippen molar-refractivity contribution in [1.29, 1.82) is 0 Å². The Morgan fingerprint density at radius 1 is 1.12 bits per heavy atom. The molecule has 1 fully saturated rings. The van der Waals surface area contributed by atoms with Crippen LogP contribution in [-0.4, -0.2) is 64.6 Å². The van der Waals surface area contributed by atoms with E-state index in [0.717, 1.165) is 6.08 Å². The van der Waals surface area contributed by atoms with Crippen molar-refractivity contribution in [2.45, 2.75) is 4.90 Å². The minimum absolute atomic E-state index is 0.000318. The summed E-state index contributed by atoms with van der Waals surface area (Å²) in [6.07, 6.45) is 2.54. The van der Waals surface area contributed by atoms with Crippen LogP contribution in [0.3, 0.4) is 0 Å². The summed E-state index contributed by atoms with van der Waals surface area (Å²) < 4.78 is 42.7. The molecule has 0 atom stereocenters. The molecule has 1 N–H and O–H groups in total. The molecular weight excluding hydrogens is 436 g/mol. The van der Waals surface area contributed by atoms with Gasteiger partial charge in [0.05, 0.1) is 20.3 Å². The van der Waals surface area contributed by atoms with Gasteiger partial charge in [-0.2, -0.15) is 4.31 Å². The molecule has 1 aliphatic rings. The number of nitrogens with zero attached hydrogens (tertiary/aromatic N) is 1. The zero-order valence-electron chi connectivity index (χ0n) is 17.5. The van der Waals surface area contributed by atoms with Gasteiger partial charge in [0.2, 0.25) is 10.0 Å². The van der Waals surface area contributed by atoms with Gasteiger partial charge < -0.3 is 19.5 Å². The predicted molar refractivity (Wildman–Crippen MR) is 118 cm³/mol. The lowest BCUT2D eigenvalue weighted by Crippen LogP contribution is -2.40. The molecule has 10 heteroatoms. The summed E-state index contributed by atoms with van der Waals surface area (Å²) >= 11 is 0. The number of ether oxygens (including phenoxy) is 3. The quantitative estimate of drug-likeness (QED) is 0.473. The smallest absolute Gasteiger partial charge is 0.331 e. The summed E-state index contributed by atoms with van der Waals surface area (Å²) in [5, 5.41) is 2.60. The Labute approximate surface area is 186 Å². The van der Waals surface area contributed by atoms with Crippen molar-refractivity contribution >= 4 is 33.7 Å². The van der Waals surface area contributed by atoms with E-state index in [1.165, 1.54) is 29.6 Å². The summed E-state index contributed by atoms with van der Waals surface area (Å²) in [5.74, 6) is -1.00. The minimum Gasteiger partial charge on any atom is -0.495 e. The molecule has 0 bridgehead atoms. The van der Waals surface area contributed by atoms with E-state index in [1.807, 2.05) is 6.07 Å². The maximum Gasteiger partial charge on any atom is 0.331 e. The number of anilines is 1. The van der Waals surface area contributed by atoms with Crippen molar-refractivity contribution in [2.75, 3.05) is 45.3 Å². The second-order valence-electron chi connectivity index (χ2n) is 6.78. The fourth-order valence-electron chi connectivity index (χ4n) is 2.99. The molecule has 1 aliphatic heterocycles. The molecule has 0 aliphatic carbocycles. The largest absolute Gasteiger partial charge is 0.495 e. The van der Waals surface area contributed by atoms with Crippen LogP contribution in [-0.2, 0) is 29.1 Å². The van der Waals surface area contributed by atoms with E-state index in [-0.39, 0.29) is 23.7 Å². The Morgan fingerprint density at radius 3 is 2.53 bits per heavy atom. The molecule has 0 aromatic heterocycles. The highest BCUT2D eigenvalue weighted by Crippen LogP contribution is 2.28. The number of carbonyl (C=O) groups is 2. The van der Waals surface area contributed by atoms with Crippen LogP contribution in [0, 0.1) is 0 Å². The third-order valence-corrected chi connectivity index (χ3v) is 6.51. The molecule has 170 valence electrons. The Balaban J connectivity index is 1.64. The van der Waals surface area contributed by atoms with E-state index in [4.69, 9.17) is 14.2 Å². The molecule has 1 amide bonds. The molecule has 9 nitrogen and oxygen atoms in total. The Morgan fingerprint density at radius 2 is 1.84 bits per heavy atom. The normalized spacial score (nSPS) is 14.8. The number of hydrogen-bond acceptors (Lipinski definition) is 7. The van der Waals surface area contributed by atoms with Crippen molar-refractivity contribution in [3.8, 4) is 5.75 Å². The lowest BCUT2D eigenvalue weighted by Gasteiger charge is -2.26. The van der Waals surface area contributed by atoms with Crippen LogP contribution >= 0.6 is 0 Å². The fraction of sp³-hybridized carbons (Fsp3) is 0.273. The first-order valence-electron chi connectivity index (χ1n) is 9.86. The summed E-state index contributed by atoms with van der Waals surface area (Å²) in [6.45, 7) is 0.707. The van der Waals surface area contributed by atoms with E-state index in [2.05, 4.69) is 5.32 Å². The fourth-order valence-corrected chi connectivity index (χ4v) is 4.59. The molecule has 2 aromatic carbocycles. The van der Waals surface area contributed by atoms with Crippen molar-refractivity contribution in [3.05, 3.63) is 60.2 Å². The highest BCUT2D eigenvalue weighted by molar-refractivity contribution is 7.89. The molecule has 0 spiro atoms. The zero-order valence-corrected chi connectivity index (χ0v) is 18.3. The minimum atomic E-state index is -3.79. The van der Waals surface area contributed by atoms with Gasteiger partial charge in [-0.25, -0.2) is 13.2 Å². The topological polar surface area (TPSA) is 111 Å². The lowest BCUT2D eigenvalue weighted by molar-refractivity contribution is -0.142. The zero-order chi connectivity index (χ0) is 23.0. The number of morpholine rings is 1. The number of benzene rings is 2. The summed E-state index contributed by atoms with van der Waals surface area (Å²) in [4.78, 5) is 23.8. The lowest BCUT2D eigenvalue weighted by atomic mass is 10.2. The Hall–Kier alpha value is -3.21. The predicted octanol–water partition coefficient (Wildman–Crippen LogP) is 1.91. The third kappa shape index (κ3) is 6.16.